The number of hydrogen-bond acceptors (Lipinski definition) is 5. The zero-order valence-electron chi connectivity index (χ0n) is 14.4. The maximum atomic E-state index is 12.1. The Bertz CT molecular complexity index is 729. The molecule has 12 heteroatoms. The number of nitrogens with one attached hydrogen (secondary N) is 3. The van der Waals surface area contributed by atoms with Crippen molar-refractivity contribution in [3.05, 3.63) is 24.3 Å². The second-order valence-electron chi connectivity index (χ2n) is 5.99. The average Bonchev–Trinajstić information content (AvgIpc) is 2.54. The molecule has 1 aliphatic rings. The van der Waals surface area contributed by atoms with Gasteiger partial charge in [0.2, 0.25) is 15.9 Å². The van der Waals surface area contributed by atoms with Crippen molar-refractivity contribution in [2.75, 3.05) is 19.6 Å². The lowest BCUT2D eigenvalue weighted by Crippen LogP contribution is -2.50. The maximum Gasteiger partial charge on any atom is 0.573 e. The van der Waals surface area contributed by atoms with E-state index in [1.54, 1.807) is 0 Å². The Morgan fingerprint density at radius 3 is 2.48 bits per heavy atom. The van der Waals surface area contributed by atoms with Crippen LogP contribution in [-0.2, 0) is 14.8 Å². The Labute approximate surface area is 161 Å². The second-order valence-corrected chi connectivity index (χ2v) is 7.75. The standard InChI is InChI=1S/C15H20F3N3O4S.ClH/c1-10-8-19-7-6-13(10)21-14(22)9-20-26(23,24)12-4-2-11(3-5-12)25-15(16,17)18;/h2-5,10,13,19-20H,6-9H2,1H3,(H,21,22);1H. The summed E-state index contributed by atoms with van der Waals surface area (Å²) in [5.41, 5.74) is 0. The van der Waals surface area contributed by atoms with Crippen molar-refractivity contribution in [2.24, 2.45) is 5.92 Å². The summed E-state index contributed by atoms with van der Waals surface area (Å²) >= 11 is 0. The SMILES string of the molecule is CC1CNCCC1NC(=O)CNS(=O)(=O)c1ccc(OC(F)(F)F)cc1.Cl. The minimum atomic E-state index is -4.86. The zero-order valence-corrected chi connectivity index (χ0v) is 16.0. The molecule has 1 heterocycles. The summed E-state index contributed by atoms with van der Waals surface area (Å²) in [5, 5.41) is 5.97. The van der Waals surface area contributed by atoms with E-state index in [0.717, 1.165) is 43.8 Å². The van der Waals surface area contributed by atoms with Gasteiger partial charge in [-0.3, -0.25) is 4.79 Å². The summed E-state index contributed by atoms with van der Waals surface area (Å²) in [4.78, 5) is 11.7. The Morgan fingerprint density at radius 2 is 1.93 bits per heavy atom. The minimum Gasteiger partial charge on any atom is -0.406 e. The number of sulfonamides is 1. The molecule has 1 fully saturated rings. The molecule has 0 aliphatic carbocycles. The first-order chi connectivity index (χ1) is 12.1. The lowest BCUT2D eigenvalue weighted by molar-refractivity contribution is -0.274. The number of rotatable bonds is 6. The van der Waals surface area contributed by atoms with Crippen molar-refractivity contribution in [3.63, 3.8) is 0 Å². The van der Waals surface area contributed by atoms with Crippen LogP contribution in [0.5, 0.6) is 5.75 Å². The van der Waals surface area contributed by atoms with Crippen LogP contribution >= 0.6 is 12.4 Å². The van der Waals surface area contributed by atoms with Crippen molar-refractivity contribution in [1.29, 1.82) is 0 Å². The predicted octanol–water partition coefficient (Wildman–Crippen LogP) is 1.40. The van der Waals surface area contributed by atoms with Crippen LogP contribution in [0.4, 0.5) is 13.2 Å². The fraction of sp³-hybridized carbons (Fsp3) is 0.533. The lowest BCUT2D eigenvalue weighted by Gasteiger charge is -2.30. The van der Waals surface area contributed by atoms with Gasteiger partial charge in [-0.05, 0) is 49.7 Å². The highest BCUT2D eigenvalue weighted by molar-refractivity contribution is 7.89. The third-order valence-electron chi connectivity index (χ3n) is 3.92. The summed E-state index contributed by atoms with van der Waals surface area (Å²) in [5.74, 6) is -0.774. The van der Waals surface area contributed by atoms with Gasteiger partial charge < -0.3 is 15.4 Å². The van der Waals surface area contributed by atoms with Crippen LogP contribution in [0, 0.1) is 5.92 Å². The van der Waals surface area contributed by atoms with E-state index in [4.69, 9.17) is 0 Å². The van der Waals surface area contributed by atoms with E-state index in [-0.39, 0.29) is 29.3 Å². The van der Waals surface area contributed by atoms with Gasteiger partial charge in [0.25, 0.3) is 0 Å². The van der Waals surface area contributed by atoms with Gasteiger partial charge in [0.1, 0.15) is 5.75 Å². The molecule has 1 aliphatic heterocycles. The molecule has 0 saturated carbocycles. The van der Waals surface area contributed by atoms with Crippen molar-refractivity contribution in [1.82, 2.24) is 15.4 Å². The van der Waals surface area contributed by atoms with E-state index >= 15 is 0 Å². The monoisotopic (exact) mass is 431 g/mol. The average molecular weight is 432 g/mol. The largest absolute Gasteiger partial charge is 0.573 e. The number of carbonyl (C=O) groups excluding carboxylic acids is 1. The van der Waals surface area contributed by atoms with Gasteiger partial charge in [0.15, 0.2) is 0 Å². The van der Waals surface area contributed by atoms with Crippen molar-refractivity contribution < 1.29 is 31.1 Å². The molecule has 2 atom stereocenters. The van der Waals surface area contributed by atoms with E-state index in [0.29, 0.717) is 0 Å². The van der Waals surface area contributed by atoms with Crippen LogP contribution in [-0.4, -0.2) is 46.4 Å². The number of halogens is 4. The molecule has 2 rings (SSSR count). The van der Waals surface area contributed by atoms with Gasteiger partial charge >= 0.3 is 6.36 Å². The summed E-state index contributed by atoms with van der Waals surface area (Å²) in [6.45, 7) is 3.06. The molecular formula is C15H21ClF3N3O4S. The van der Waals surface area contributed by atoms with Gasteiger partial charge in [-0.1, -0.05) is 6.92 Å². The van der Waals surface area contributed by atoms with Crippen LogP contribution in [0.2, 0.25) is 0 Å². The van der Waals surface area contributed by atoms with E-state index in [1.807, 2.05) is 6.92 Å². The maximum absolute atomic E-state index is 12.1. The highest BCUT2D eigenvalue weighted by Gasteiger charge is 2.31. The molecule has 0 aromatic heterocycles. The van der Waals surface area contributed by atoms with E-state index in [9.17, 15) is 26.4 Å². The Balaban J connectivity index is 0.00000364. The first kappa shape index (κ1) is 23.5. The molecule has 0 radical (unpaired) electrons. The normalized spacial score (nSPS) is 20.4. The highest BCUT2D eigenvalue weighted by atomic mass is 35.5. The fourth-order valence-corrected chi connectivity index (χ4v) is 3.53. The summed E-state index contributed by atoms with van der Waals surface area (Å²) in [6.07, 6.45) is -4.11. The third kappa shape index (κ3) is 7.53. The van der Waals surface area contributed by atoms with Crippen LogP contribution in [0.1, 0.15) is 13.3 Å². The number of piperidine rings is 1. The molecule has 1 aromatic carbocycles. The van der Waals surface area contributed by atoms with Gasteiger partial charge in [-0.25, -0.2) is 13.1 Å². The van der Waals surface area contributed by atoms with Gasteiger partial charge in [-0.15, -0.1) is 25.6 Å². The van der Waals surface area contributed by atoms with Crippen molar-refractivity contribution >= 4 is 28.3 Å². The fourth-order valence-electron chi connectivity index (χ4n) is 2.55. The Kier molecular flexibility index (Phi) is 8.33. The quantitative estimate of drug-likeness (QED) is 0.632. The lowest BCUT2D eigenvalue weighted by atomic mass is 9.95. The highest BCUT2D eigenvalue weighted by Crippen LogP contribution is 2.23. The third-order valence-corrected chi connectivity index (χ3v) is 5.34. The zero-order chi connectivity index (χ0) is 19.4. The second kappa shape index (κ2) is 9.58. The molecule has 7 nitrogen and oxygen atoms in total. The van der Waals surface area contributed by atoms with Gasteiger partial charge in [0.05, 0.1) is 11.4 Å². The number of benzene rings is 1. The molecule has 154 valence electrons. The van der Waals surface area contributed by atoms with E-state index in [2.05, 4.69) is 20.1 Å². The molecule has 1 saturated heterocycles. The molecule has 0 bridgehead atoms. The number of amides is 1. The first-order valence-electron chi connectivity index (χ1n) is 7.92. The summed E-state index contributed by atoms with van der Waals surface area (Å²) in [7, 11) is -4.03. The van der Waals surface area contributed by atoms with Crippen LogP contribution < -0.4 is 20.1 Å². The molecule has 27 heavy (non-hydrogen) atoms. The predicted molar refractivity (Wildman–Crippen MR) is 94.1 cm³/mol. The van der Waals surface area contributed by atoms with Crippen molar-refractivity contribution in [3.8, 4) is 5.75 Å². The summed E-state index contributed by atoms with van der Waals surface area (Å²) in [6, 6.07) is 3.68. The molecule has 1 amide bonds. The molecule has 0 spiro atoms. The van der Waals surface area contributed by atoms with Crippen LogP contribution in [0.15, 0.2) is 29.2 Å². The number of hydrogen-bond donors (Lipinski definition) is 3. The van der Waals surface area contributed by atoms with E-state index in [1.165, 1.54) is 0 Å². The number of carbonyl (C=O) groups is 1. The smallest absolute Gasteiger partial charge is 0.406 e. The molecule has 2 unspecified atom stereocenters. The van der Waals surface area contributed by atoms with Gasteiger partial charge in [-0.2, -0.15) is 0 Å². The molecular weight excluding hydrogens is 411 g/mol. The first-order valence-corrected chi connectivity index (χ1v) is 9.41. The van der Waals surface area contributed by atoms with E-state index < -0.39 is 34.6 Å². The van der Waals surface area contributed by atoms with Gasteiger partial charge in [0, 0.05) is 6.04 Å². The molecule has 3 N–H and O–H groups in total. The van der Waals surface area contributed by atoms with Crippen LogP contribution in [0.3, 0.4) is 0 Å². The topological polar surface area (TPSA) is 96.5 Å². The minimum absolute atomic E-state index is 0. The Hall–Kier alpha value is -1.56. The number of ether oxygens (including phenoxy) is 1. The molecule has 1 aromatic rings. The number of alkyl halides is 3. The Morgan fingerprint density at radius 1 is 1.30 bits per heavy atom. The van der Waals surface area contributed by atoms with Crippen LogP contribution in [0.25, 0.3) is 0 Å². The van der Waals surface area contributed by atoms with Crippen molar-refractivity contribution in [2.45, 2.75) is 30.6 Å². The summed E-state index contributed by atoms with van der Waals surface area (Å²) < 4.78 is 66.4.